The first-order valence-electron chi connectivity index (χ1n) is 9.61. The molecule has 0 fully saturated rings. The van der Waals surface area contributed by atoms with Crippen molar-refractivity contribution >= 4 is 40.3 Å². The molecule has 0 bridgehead atoms. The number of hydrogen-bond donors (Lipinski definition) is 2. The molecule has 0 aliphatic carbocycles. The quantitative estimate of drug-likeness (QED) is 0.514. The molecule has 1 unspecified atom stereocenters. The first-order valence-corrected chi connectivity index (χ1v) is 10.8. The molecule has 2 N–H and O–H groups in total. The van der Waals surface area contributed by atoms with Crippen LogP contribution in [0.4, 0.5) is 5.69 Å². The van der Waals surface area contributed by atoms with E-state index < -0.39 is 23.5 Å². The van der Waals surface area contributed by atoms with Gasteiger partial charge in [-0.25, -0.2) is 4.98 Å². The predicted octanol–water partition coefficient (Wildman–Crippen LogP) is 4.91. The fourth-order valence-electron chi connectivity index (χ4n) is 3.78. The number of para-hydroxylation sites is 1. The molecule has 7 nitrogen and oxygen atoms in total. The lowest BCUT2D eigenvalue weighted by molar-refractivity contribution is -0.117. The van der Waals surface area contributed by atoms with E-state index in [1.165, 1.54) is 35.5 Å². The Hall–Kier alpha value is -3.36. The van der Waals surface area contributed by atoms with Gasteiger partial charge in [-0.15, -0.1) is 11.3 Å². The summed E-state index contributed by atoms with van der Waals surface area (Å²) in [6.07, 6.45) is 0. The number of halogens is 1. The Morgan fingerprint density at radius 1 is 1.19 bits per heavy atom. The summed E-state index contributed by atoms with van der Waals surface area (Å²) in [7, 11) is 1.37. The summed E-state index contributed by atoms with van der Waals surface area (Å²) in [6.45, 7) is 3.48. The monoisotopic (exact) mass is 470 g/mol. The Balaban J connectivity index is 1.95. The number of aromatic hydroxyl groups is 1. The number of phenolic OH excluding ortho intramolecular Hbond substituents is 1. The highest BCUT2D eigenvalue weighted by atomic mass is 35.5. The number of nitrogens with zero attached hydrogens (tertiary/aromatic N) is 2. The molecule has 0 saturated carbocycles. The summed E-state index contributed by atoms with van der Waals surface area (Å²) < 4.78 is 5.21. The van der Waals surface area contributed by atoms with Crippen LogP contribution in [0.5, 0.6) is 11.5 Å². The SMILES string of the molecule is COc1cc(C2C(C(=O)c3sc(C)nc3C)=C(O)C(=O)N2c2ccccc2)cc(Cl)c1O. The minimum absolute atomic E-state index is 0.0113. The molecule has 2 heterocycles. The van der Waals surface area contributed by atoms with Crippen LogP contribution >= 0.6 is 22.9 Å². The van der Waals surface area contributed by atoms with E-state index in [1.807, 2.05) is 0 Å². The normalized spacial score (nSPS) is 16.1. The van der Waals surface area contributed by atoms with E-state index in [2.05, 4.69) is 4.98 Å². The fourth-order valence-corrected chi connectivity index (χ4v) is 4.87. The number of carbonyl (C=O) groups is 2. The third-order valence-electron chi connectivity index (χ3n) is 5.18. The number of aryl methyl sites for hydroxylation is 2. The number of benzene rings is 2. The van der Waals surface area contributed by atoms with Gasteiger partial charge in [0.2, 0.25) is 5.78 Å². The number of ketones is 1. The molecular formula is C23H19ClN2O5S. The molecule has 1 atom stereocenters. The van der Waals surface area contributed by atoms with Crippen LogP contribution in [-0.2, 0) is 4.79 Å². The van der Waals surface area contributed by atoms with Crippen molar-refractivity contribution in [1.82, 2.24) is 4.98 Å². The Morgan fingerprint density at radius 3 is 2.47 bits per heavy atom. The molecule has 4 rings (SSSR count). The summed E-state index contributed by atoms with van der Waals surface area (Å²) in [5.41, 5.74) is 1.31. The molecule has 0 spiro atoms. The van der Waals surface area contributed by atoms with Crippen molar-refractivity contribution < 1.29 is 24.5 Å². The zero-order valence-corrected chi connectivity index (χ0v) is 19.0. The Kier molecular flexibility index (Phi) is 5.66. The number of methoxy groups -OCH3 is 1. The average Bonchev–Trinajstić information content (AvgIpc) is 3.25. The number of Topliss-reactive ketones (excluding diaryl/α,β-unsaturated/α-hetero) is 1. The van der Waals surface area contributed by atoms with E-state index in [1.54, 1.807) is 44.2 Å². The molecule has 9 heteroatoms. The molecule has 1 aromatic heterocycles. The molecule has 32 heavy (non-hydrogen) atoms. The minimum Gasteiger partial charge on any atom is -0.503 e. The second kappa shape index (κ2) is 8.29. The van der Waals surface area contributed by atoms with Crippen molar-refractivity contribution in [3.63, 3.8) is 0 Å². The summed E-state index contributed by atoms with van der Waals surface area (Å²) in [5, 5.41) is 21.7. The molecule has 1 amide bonds. The lowest BCUT2D eigenvalue weighted by Gasteiger charge is -2.27. The second-order valence-electron chi connectivity index (χ2n) is 7.21. The summed E-state index contributed by atoms with van der Waals surface area (Å²) in [5.74, 6) is -2.03. The number of ether oxygens (including phenoxy) is 1. The highest BCUT2D eigenvalue weighted by Crippen LogP contribution is 2.46. The fraction of sp³-hybridized carbons (Fsp3) is 0.174. The van der Waals surface area contributed by atoms with Crippen LogP contribution in [0, 0.1) is 13.8 Å². The van der Waals surface area contributed by atoms with Gasteiger partial charge in [-0.1, -0.05) is 29.8 Å². The maximum Gasteiger partial charge on any atom is 0.294 e. The van der Waals surface area contributed by atoms with E-state index in [0.717, 1.165) is 0 Å². The molecule has 164 valence electrons. The molecule has 0 saturated heterocycles. The van der Waals surface area contributed by atoms with Gasteiger partial charge in [0.25, 0.3) is 5.91 Å². The average molecular weight is 471 g/mol. The van der Waals surface area contributed by atoms with E-state index in [4.69, 9.17) is 16.3 Å². The summed E-state index contributed by atoms with van der Waals surface area (Å²) in [4.78, 5) is 32.7. The van der Waals surface area contributed by atoms with Crippen LogP contribution in [0.2, 0.25) is 5.02 Å². The van der Waals surface area contributed by atoms with E-state index in [0.29, 0.717) is 26.8 Å². The lowest BCUT2D eigenvalue weighted by Crippen LogP contribution is -2.31. The maximum atomic E-state index is 13.6. The minimum atomic E-state index is -0.994. The Morgan fingerprint density at radius 2 is 1.88 bits per heavy atom. The molecule has 3 aromatic rings. The molecule has 1 aliphatic rings. The van der Waals surface area contributed by atoms with Crippen molar-refractivity contribution in [2.75, 3.05) is 12.0 Å². The maximum absolute atomic E-state index is 13.6. The number of aliphatic hydroxyl groups excluding tert-OH is 1. The van der Waals surface area contributed by atoms with Crippen LogP contribution < -0.4 is 9.64 Å². The van der Waals surface area contributed by atoms with Gasteiger partial charge in [0.05, 0.1) is 39.3 Å². The third kappa shape index (κ3) is 3.51. The van der Waals surface area contributed by atoms with Gasteiger partial charge < -0.3 is 14.9 Å². The smallest absolute Gasteiger partial charge is 0.294 e. The number of carbonyl (C=O) groups excluding carboxylic acids is 2. The van der Waals surface area contributed by atoms with Gasteiger partial charge in [-0.05, 0) is 43.7 Å². The largest absolute Gasteiger partial charge is 0.503 e. The van der Waals surface area contributed by atoms with E-state index in [-0.39, 0.29) is 22.1 Å². The van der Waals surface area contributed by atoms with Crippen molar-refractivity contribution in [3.05, 3.63) is 80.0 Å². The Bertz CT molecular complexity index is 1270. The highest BCUT2D eigenvalue weighted by Gasteiger charge is 2.45. The van der Waals surface area contributed by atoms with Gasteiger partial charge in [-0.2, -0.15) is 0 Å². The summed E-state index contributed by atoms with van der Waals surface area (Å²) >= 11 is 7.40. The second-order valence-corrected chi connectivity index (χ2v) is 8.82. The summed E-state index contributed by atoms with van der Waals surface area (Å²) in [6, 6.07) is 10.6. The first-order chi connectivity index (χ1) is 15.2. The van der Waals surface area contributed by atoms with Crippen molar-refractivity contribution in [2.45, 2.75) is 19.9 Å². The predicted molar refractivity (Wildman–Crippen MR) is 122 cm³/mol. The number of aliphatic hydroxyl groups is 1. The van der Waals surface area contributed by atoms with Crippen LogP contribution in [-0.4, -0.2) is 34.0 Å². The Labute approximate surface area is 193 Å². The van der Waals surface area contributed by atoms with E-state index in [9.17, 15) is 19.8 Å². The van der Waals surface area contributed by atoms with Gasteiger partial charge in [-0.3, -0.25) is 14.5 Å². The van der Waals surface area contributed by atoms with Crippen LogP contribution in [0.1, 0.15) is 32.0 Å². The van der Waals surface area contributed by atoms with Crippen molar-refractivity contribution in [2.24, 2.45) is 0 Å². The molecule has 1 aliphatic heterocycles. The lowest BCUT2D eigenvalue weighted by atomic mass is 9.94. The van der Waals surface area contributed by atoms with Crippen molar-refractivity contribution in [1.29, 1.82) is 0 Å². The van der Waals surface area contributed by atoms with Crippen LogP contribution in [0.15, 0.2) is 53.8 Å². The van der Waals surface area contributed by atoms with Crippen LogP contribution in [0.3, 0.4) is 0 Å². The van der Waals surface area contributed by atoms with Gasteiger partial charge >= 0.3 is 0 Å². The van der Waals surface area contributed by atoms with Crippen LogP contribution in [0.25, 0.3) is 0 Å². The number of rotatable bonds is 5. The molecular weight excluding hydrogens is 452 g/mol. The van der Waals surface area contributed by atoms with E-state index >= 15 is 0 Å². The van der Waals surface area contributed by atoms with Gasteiger partial charge in [0, 0.05) is 5.69 Å². The zero-order valence-electron chi connectivity index (χ0n) is 17.4. The number of phenols is 1. The highest BCUT2D eigenvalue weighted by molar-refractivity contribution is 7.14. The van der Waals surface area contributed by atoms with Gasteiger partial charge in [0.1, 0.15) is 0 Å². The molecule has 2 aromatic carbocycles. The number of amides is 1. The first kappa shape index (κ1) is 21.9. The third-order valence-corrected chi connectivity index (χ3v) is 6.54. The number of thiazole rings is 1. The van der Waals surface area contributed by atoms with Gasteiger partial charge in [0.15, 0.2) is 17.3 Å². The van der Waals surface area contributed by atoms with Crippen molar-refractivity contribution in [3.8, 4) is 11.5 Å². The number of anilines is 1. The number of hydrogen-bond acceptors (Lipinski definition) is 7. The zero-order chi connectivity index (χ0) is 23.2. The standard InChI is InChI=1S/C23H19ClN2O5S/c1-11-22(32-12(2)25-11)20(28)17-18(13-9-15(24)19(27)16(10-13)31-3)26(23(30)21(17)29)14-7-5-4-6-8-14/h4-10,18,27,29H,1-3H3. The molecule has 0 radical (unpaired) electrons. The number of aromatic nitrogens is 1. The topological polar surface area (TPSA) is 100.0 Å².